The summed E-state index contributed by atoms with van der Waals surface area (Å²) in [6.45, 7) is 0. The molecule has 1 aromatic heterocycles. The van der Waals surface area contributed by atoms with Gasteiger partial charge in [-0.25, -0.2) is 4.98 Å². The summed E-state index contributed by atoms with van der Waals surface area (Å²) in [6, 6.07) is 9.13. The molecule has 22 heavy (non-hydrogen) atoms. The molecule has 108 valence electrons. The first-order chi connectivity index (χ1) is 10.7. The number of methoxy groups -OCH3 is 1. The summed E-state index contributed by atoms with van der Waals surface area (Å²) < 4.78 is 5.33. The molecule has 1 N–H and O–H groups in total. The van der Waals surface area contributed by atoms with Crippen LogP contribution in [-0.4, -0.2) is 17.0 Å². The van der Waals surface area contributed by atoms with Gasteiger partial charge in [-0.3, -0.25) is 10.1 Å². The molecule has 0 bridgehead atoms. The van der Waals surface area contributed by atoms with Crippen molar-refractivity contribution in [3.63, 3.8) is 0 Å². The van der Waals surface area contributed by atoms with Crippen molar-refractivity contribution in [3.05, 3.63) is 52.2 Å². The number of nitro benzene ring substituents is 1. The molecule has 0 saturated heterocycles. The molecule has 3 aromatic rings. The highest BCUT2D eigenvalue weighted by Gasteiger charge is 2.25. The van der Waals surface area contributed by atoms with Gasteiger partial charge in [0.25, 0.3) is 5.69 Å². The van der Waals surface area contributed by atoms with Crippen LogP contribution in [0.15, 0.2) is 36.5 Å². The fourth-order valence-corrected chi connectivity index (χ4v) is 2.89. The minimum atomic E-state index is -0.414. The molecule has 4 rings (SSSR count). The molecule has 0 fully saturated rings. The summed E-state index contributed by atoms with van der Waals surface area (Å²) in [5, 5.41) is 16.0. The Labute approximate surface area is 125 Å². The molecule has 0 saturated carbocycles. The summed E-state index contributed by atoms with van der Waals surface area (Å²) in [5.41, 5.74) is 2.79. The first kappa shape index (κ1) is 12.6. The van der Waals surface area contributed by atoms with E-state index in [-0.39, 0.29) is 5.69 Å². The molecule has 0 unspecified atom stereocenters. The molecular weight excluding hydrogens is 282 g/mol. The van der Waals surface area contributed by atoms with Gasteiger partial charge >= 0.3 is 0 Å². The number of aromatic nitrogens is 1. The Kier molecular flexibility index (Phi) is 2.53. The second-order valence-corrected chi connectivity index (χ2v) is 4.97. The van der Waals surface area contributed by atoms with Gasteiger partial charge in [-0.15, -0.1) is 0 Å². The molecule has 0 amide bonds. The van der Waals surface area contributed by atoms with Crippen LogP contribution in [0.2, 0.25) is 0 Å². The van der Waals surface area contributed by atoms with E-state index < -0.39 is 4.92 Å². The molecule has 0 radical (unpaired) electrons. The predicted octanol–water partition coefficient (Wildman–Crippen LogP) is 3.70. The lowest BCUT2D eigenvalue weighted by Crippen LogP contribution is -2.04. The number of ether oxygens (including phenoxy) is 1. The summed E-state index contributed by atoms with van der Waals surface area (Å²) in [6.07, 6.45) is 3.62. The zero-order chi connectivity index (χ0) is 15.3. The first-order valence-corrected chi connectivity index (χ1v) is 6.71. The van der Waals surface area contributed by atoms with Crippen molar-refractivity contribution >= 4 is 39.3 Å². The van der Waals surface area contributed by atoms with Gasteiger partial charge < -0.3 is 10.1 Å². The van der Waals surface area contributed by atoms with Gasteiger partial charge in [0.05, 0.1) is 23.6 Å². The number of anilines is 1. The van der Waals surface area contributed by atoms with Crippen LogP contribution in [0.1, 0.15) is 5.56 Å². The van der Waals surface area contributed by atoms with Crippen molar-refractivity contribution in [3.8, 4) is 5.75 Å². The minimum Gasteiger partial charge on any atom is -0.494 e. The number of nitro groups is 1. The average Bonchev–Trinajstić information content (AvgIpc) is 2.55. The number of rotatable bonds is 2. The molecule has 2 aromatic carbocycles. The van der Waals surface area contributed by atoms with Crippen molar-refractivity contribution < 1.29 is 9.66 Å². The third kappa shape index (κ3) is 1.57. The average molecular weight is 293 g/mol. The molecular formula is C16H11N3O3. The number of nitrogens with one attached hydrogen (secondary N) is 1. The maximum absolute atomic E-state index is 11.4. The van der Waals surface area contributed by atoms with Gasteiger partial charge in [0.1, 0.15) is 11.2 Å². The molecule has 6 heteroatoms. The lowest BCUT2D eigenvalue weighted by Gasteiger charge is -2.17. The highest BCUT2D eigenvalue weighted by molar-refractivity contribution is 6.13. The van der Waals surface area contributed by atoms with Gasteiger partial charge in [-0.1, -0.05) is 18.2 Å². The van der Waals surface area contributed by atoms with Crippen LogP contribution >= 0.6 is 0 Å². The third-order valence-corrected chi connectivity index (χ3v) is 3.83. The highest BCUT2D eigenvalue weighted by Crippen LogP contribution is 2.44. The second-order valence-electron chi connectivity index (χ2n) is 4.97. The maximum Gasteiger partial charge on any atom is 0.297 e. The van der Waals surface area contributed by atoms with Crippen LogP contribution in [0, 0.1) is 10.1 Å². The maximum atomic E-state index is 11.4. The van der Waals surface area contributed by atoms with Crippen LogP contribution in [-0.2, 0) is 0 Å². The fourth-order valence-electron chi connectivity index (χ4n) is 2.89. The van der Waals surface area contributed by atoms with Crippen LogP contribution in [0.5, 0.6) is 5.75 Å². The van der Waals surface area contributed by atoms with E-state index in [0.717, 1.165) is 16.5 Å². The molecule has 6 nitrogen and oxygen atoms in total. The molecule has 1 aliphatic heterocycles. The number of benzene rings is 2. The van der Waals surface area contributed by atoms with Gasteiger partial charge in [-0.2, -0.15) is 0 Å². The topological polar surface area (TPSA) is 77.3 Å². The Balaban J connectivity index is 2.29. The van der Waals surface area contributed by atoms with Gasteiger partial charge in [0, 0.05) is 17.0 Å². The molecule has 2 heterocycles. The third-order valence-electron chi connectivity index (χ3n) is 3.83. The Bertz CT molecular complexity index is 979. The number of hydrogen-bond acceptors (Lipinski definition) is 5. The summed E-state index contributed by atoms with van der Waals surface area (Å²) in [4.78, 5) is 15.6. The van der Waals surface area contributed by atoms with E-state index in [1.165, 1.54) is 13.2 Å². The summed E-state index contributed by atoms with van der Waals surface area (Å²) in [7, 11) is 1.49. The van der Waals surface area contributed by atoms with Crippen molar-refractivity contribution in [2.24, 2.45) is 0 Å². The quantitative estimate of drug-likeness (QED) is 0.443. The van der Waals surface area contributed by atoms with Crippen LogP contribution in [0.25, 0.3) is 27.9 Å². The van der Waals surface area contributed by atoms with E-state index in [2.05, 4.69) is 10.3 Å². The van der Waals surface area contributed by atoms with E-state index in [9.17, 15) is 10.1 Å². The van der Waals surface area contributed by atoms with Crippen LogP contribution < -0.4 is 10.1 Å². The molecule has 1 aliphatic rings. The zero-order valence-electron chi connectivity index (χ0n) is 11.7. The summed E-state index contributed by atoms with van der Waals surface area (Å²) >= 11 is 0. The number of hydrogen-bond donors (Lipinski definition) is 1. The van der Waals surface area contributed by atoms with Crippen LogP contribution in [0.4, 0.5) is 11.4 Å². The number of pyridine rings is 1. The lowest BCUT2D eigenvalue weighted by molar-refractivity contribution is -0.383. The van der Waals surface area contributed by atoms with Crippen LogP contribution in [0.3, 0.4) is 0 Å². The Morgan fingerprint density at radius 2 is 2.14 bits per heavy atom. The first-order valence-electron chi connectivity index (χ1n) is 6.71. The number of fused-ring (bicyclic) bond motifs is 2. The fraction of sp³-hybridized carbons (Fsp3) is 0.0625. The largest absolute Gasteiger partial charge is 0.494 e. The second kappa shape index (κ2) is 4.42. The number of nitrogens with zero attached hydrogens (tertiary/aromatic N) is 2. The smallest absolute Gasteiger partial charge is 0.297 e. The lowest BCUT2D eigenvalue weighted by atomic mass is 9.98. The van der Waals surface area contributed by atoms with E-state index in [4.69, 9.17) is 4.74 Å². The number of para-hydroxylation sites is 1. The zero-order valence-corrected chi connectivity index (χ0v) is 11.7. The SMILES string of the molecule is COc1cc([N+](=O)[O-])c2c3c(c4ccccc4nc13)C=CN2. The van der Waals surface area contributed by atoms with E-state index in [0.29, 0.717) is 22.3 Å². The standard InChI is InChI=1S/C16H11N3O3/c1-22-13-8-12(19(20)21)15-14-10(6-7-17-15)9-4-2-3-5-11(9)18-16(13)14/h2-8,17H,1H3. The predicted molar refractivity (Wildman–Crippen MR) is 85.1 cm³/mol. The van der Waals surface area contributed by atoms with Crippen molar-refractivity contribution in [2.75, 3.05) is 12.4 Å². The Morgan fingerprint density at radius 3 is 2.91 bits per heavy atom. The monoisotopic (exact) mass is 293 g/mol. The minimum absolute atomic E-state index is 0.0213. The van der Waals surface area contributed by atoms with E-state index >= 15 is 0 Å². The van der Waals surface area contributed by atoms with E-state index in [1.54, 1.807) is 6.20 Å². The Hall–Kier alpha value is -3.15. The normalized spacial score (nSPS) is 12.4. The van der Waals surface area contributed by atoms with Gasteiger partial charge in [0.2, 0.25) is 0 Å². The van der Waals surface area contributed by atoms with Crippen molar-refractivity contribution in [1.82, 2.24) is 4.98 Å². The summed E-state index contributed by atoms with van der Waals surface area (Å²) in [5.74, 6) is 0.398. The van der Waals surface area contributed by atoms with Gasteiger partial charge in [0.15, 0.2) is 5.75 Å². The Morgan fingerprint density at radius 1 is 1.32 bits per heavy atom. The van der Waals surface area contributed by atoms with E-state index in [1.807, 2.05) is 30.3 Å². The molecule has 0 spiro atoms. The molecule has 0 atom stereocenters. The van der Waals surface area contributed by atoms with Crippen molar-refractivity contribution in [2.45, 2.75) is 0 Å². The molecule has 0 aliphatic carbocycles. The van der Waals surface area contributed by atoms with Crippen molar-refractivity contribution in [1.29, 1.82) is 0 Å². The highest BCUT2D eigenvalue weighted by atomic mass is 16.6. The van der Waals surface area contributed by atoms with Gasteiger partial charge in [-0.05, 0) is 17.7 Å².